The molecule has 1 saturated heterocycles. The molecule has 0 bridgehead atoms. The van der Waals surface area contributed by atoms with Crippen molar-refractivity contribution in [1.82, 2.24) is 19.4 Å². The van der Waals surface area contributed by atoms with Gasteiger partial charge in [-0.1, -0.05) is 0 Å². The molecule has 34 heavy (non-hydrogen) atoms. The molecule has 2 N–H and O–H groups in total. The predicted molar refractivity (Wildman–Crippen MR) is 120 cm³/mol. The summed E-state index contributed by atoms with van der Waals surface area (Å²) in [5, 5.41) is 4.87. The fourth-order valence-electron chi connectivity index (χ4n) is 3.88. The van der Waals surface area contributed by atoms with Crippen molar-refractivity contribution in [3.05, 3.63) is 40.6 Å². The van der Waals surface area contributed by atoms with Gasteiger partial charge in [0, 0.05) is 45.8 Å². The lowest BCUT2D eigenvalue weighted by Gasteiger charge is -2.41. The first kappa shape index (κ1) is 25.0. The minimum Gasteiger partial charge on any atom is -0.352 e. The number of pyridine rings is 1. The van der Waals surface area contributed by atoms with Gasteiger partial charge in [0.2, 0.25) is 5.91 Å². The molecule has 0 aromatic carbocycles. The second-order valence-electron chi connectivity index (χ2n) is 8.26. The number of carbonyl (C=O) groups is 2. The molecular weight excluding hydrogens is 455 g/mol. The third-order valence-corrected chi connectivity index (χ3v) is 5.71. The van der Waals surface area contributed by atoms with E-state index in [1.807, 2.05) is 11.8 Å². The highest BCUT2D eigenvalue weighted by atomic mass is 19.4. The number of nitrogens with zero attached hydrogens (tertiary/aromatic N) is 5. The van der Waals surface area contributed by atoms with Crippen molar-refractivity contribution < 1.29 is 22.8 Å². The van der Waals surface area contributed by atoms with Crippen LogP contribution in [0.15, 0.2) is 29.5 Å². The summed E-state index contributed by atoms with van der Waals surface area (Å²) in [5.41, 5.74) is -2.20. The molecular formula is C21H26F3N7O3. The number of nitrogens with one attached hydrogen (secondary N) is 2. The highest BCUT2D eigenvalue weighted by molar-refractivity contribution is 5.89. The molecule has 3 heterocycles. The molecule has 2 unspecified atom stereocenters. The molecule has 1 aliphatic rings. The largest absolute Gasteiger partial charge is 0.417 e. The number of aryl methyl sites for hydroxylation is 1. The van der Waals surface area contributed by atoms with E-state index in [4.69, 9.17) is 0 Å². The summed E-state index contributed by atoms with van der Waals surface area (Å²) < 4.78 is 40.1. The zero-order valence-corrected chi connectivity index (χ0v) is 19.2. The van der Waals surface area contributed by atoms with Gasteiger partial charge in [-0.15, -0.1) is 0 Å². The quantitative estimate of drug-likeness (QED) is 0.695. The van der Waals surface area contributed by atoms with Gasteiger partial charge in [-0.05, 0) is 25.8 Å². The number of piperidine rings is 1. The average molecular weight is 481 g/mol. The molecule has 0 aliphatic carbocycles. The second kappa shape index (κ2) is 9.69. The number of alkyl halides is 3. The van der Waals surface area contributed by atoms with E-state index in [2.05, 4.69) is 20.6 Å². The fourth-order valence-corrected chi connectivity index (χ4v) is 3.88. The molecule has 184 valence electrons. The van der Waals surface area contributed by atoms with Crippen molar-refractivity contribution in [3.63, 3.8) is 0 Å². The Hall–Kier alpha value is -3.64. The minimum absolute atomic E-state index is 0.0173. The highest BCUT2D eigenvalue weighted by Crippen LogP contribution is 2.30. The lowest BCUT2D eigenvalue weighted by molar-refractivity contribution is -0.138. The van der Waals surface area contributed by atoms with Gasteiger partial charge in [-0.2, -0.15) is 13.2 Å². The number of urea groups is 1. The van der Waals surface area contributed by atoms with E-state index in [9.17, 15) is 27.6 Å². The van der Waals surface area contributed by atoms with Gasteiger partial charge in [0.25, 0.3) is 5.56 Å². The normalized spacial score (nSPS) is 18.4. The zero-order chi connectivity index (χ0) is 25.2. The van der Waals surface area contributed by atoms with Crippen LogP contribution >= 0.6 is 0 Å². The highest BCUT2D eigenvalue weighted by Gasteiger charge is 2.33. The van der Waals surface area contributed by atoms with Gasteiger partial charge >= 0.3 is 12.2 Å². The van der Waals surface area contributed by atoms with Gasteiger partial charge in [-0.25, -0.2) is 14.8 Å². The first-order valence-corrected chi connectivity index (χ1v) is 10.5. The SMILES string of the molecule is CC(=O)Nc1cnc(N2CCC(N(C)C(=O)Nc3cc(C(F)(F)F)cn(C)c3=O)CC2C)cn1. The molecule has 3 amide bonds. The Morgan fingerprint density at radius 2 is 1.91 bits per heavy atom. The number of amides is 3. The van der Waals surface area contributed by atoms with Crippen LogP contribution in [0.1, 0.15) is 32.3 Å². The van der Waals surface area contributed by atoms with Crippen molar-refractivity contribution in [3.8, 4) is 0 Å². The van der Waals surface area contributed by atoms with Crippen molar-refractivity contribution in [1.29, 1.82) is 0 Å². The van der Waals surface area contributed by atoms with E-state index in [1.54, 1.807) is 13.2 Å². The van der Waals surface area contributed by atoms with Gasteiger partial charge < -0.3 is 25.0 Å². The van der Waals surface area contributed by atoms with Crippen molar-refractivity contribution in [2.75, 3.05) is 29.1 Å². The molecule has 3 rings (SSSR count). The van der Waals surface area contributed by atoms with Crippen LogP contribution in [0.25, 0.3) is 0 Å². The average Bonchev–Trinajstić information content (AvgIpc) is 2.75. The Kier molecular flexibility index (Phi) is 7.12. The first-order chi connectivity index (χ1) is 15.9. The standard InChI is InChI=1S/C21H26F3N7O3/c1-12-7-15(5-6-31(12)18-10-25-17(9-26-18)27-13(2)32)30(4)20(34)28-16-8-14(21(22,23)24)11-29(3)19(16)33/h8-12,15H,5-7H2,1-4H3,(H,28,34)(H,25,27,32). The van der Waals surface area contributed by atoms with Crippen LogP contribution in [0.3, 0.4) is 0 Å². The molecule has 0 saturated carbocycles. The van der Waals surface area contributed by atoms with E-state index in [0.29, 0.717) is 43.3 Å². The summed E-state index contributed by atoms with van der Waals surface area (Å²) in [7, 11) is 2.74. The van der Waals surface area contributed by atoms with Crippen LogP contribution in [0.2, 0.25) is 0 Å². The number of hydrogen-bond donors (Lipinski definition) is 2. The lowest BCUT2D eigenvalue weighted by Crippen LogP contribution is -2.51. The Bertz CT molecular complexity index is 1120. The smallest absolute Gasteiger partial charge is 0.352 e. The van der Waals surface area contributed by atoms with Crippen molar-refractivity contribution >= 4 is 29.3 Å². The summed E-state index contributed by atoms with van der Waals surface area (Å²) in [6.07, 6.45) is 0.198. The number of anilines is 3. The fraction of sp³-hybridized carbons (Fsp3) is 0.476. The van der Waals surface area contributed by atoms with Crippen molar-refractivity contribution in [2.24, 2.45) is 7.05 Å². The van der Waals surface area contributed by atoms with Gasteiger partial charge in [-0.3, -0.25) is 9.59 Å². The molecule has 0 radical (unpaired) electrons. The van der Waals surface area contributed by atoms with Crippen LogP contribution in [0, 0.1) is 0 Å². The molecule has 1 fully saturated rings. The molecule has 2 aromatic heterocycles. The Labute approximate surface area is 193 Å². The van der Waals surface area contributed by atoms with Gasteiger partial charge in [0.15, 0.2) is 5.82 Å². The summed E-state index contributed by atoms with van der Waals surface area (Å²) in [6.45, 7) is 3.90. The molecule has 0 spiro atoms. The third kappa shape index (κ3) is 5.64. The Morgan fingerprint density at radius 1 is 1.21 bits per heavy atom. The van der Waals surface area contributed by atoms with Crippen LogP contribution in [0.4, 0.5) is 35.3 Å². The summed E-state index contributed by atoms with van der Waals surface area (Å²) in [6, 6.07) is -0.242. The van der Waals surface area contributed by atoms with Crippen molar-refractivity contribution in [2.45, 2.75) is 44.9 Å². The van der Waals surface area contributed by atoms with E-state index in [-0.39, 0.29) is 18.0 Å². The molecule has 13 heteroatoms. The van der Waals surface area contributed by atoms with Crippen LogP contribution in [0.5, 0.6) is 0 Å². The third-order valence-electron chi connectivity index (χ3n) is 5.71. The van der Waals surface area contributed by atoms with Crippen LogP contribution in [-0.2, 0) is 18.0 Å². The second-order valence-corrected chi connectivity index (χ2v) is 8.26. The zero-order valence-electron chi connectivity index (χ0n) is 19.2. The molecule has 2 atom stereocenters. The lowest BCUT2D eigenvalue weighted by atomic mass is 9.97. The number of hydrogen-bond acceptors (Lipinski definition) is 6. The molecule has 1 aliphatic heterocycles. The first-order valence-electron chi connectivity index (χ1n) is 10.5. The topological polar surface area (TPSA) is 112 Å². The van der Waals surface area contributed by atoms with Crippen LogP contribution < -0.4 is 21.1 Å². The van der Waals surface area contributed by atoms with E-state index < -0.39 is 29.0 Å². The van der Waals surface area contributed by atoms with Gasteiger partial charge in [0.05, 0.1) is 18.0 Å². The minimum atomic E-state index is -4.65. The van der Waals surface area contributed by atoms with Gasteiger partial charge in [0.1, 0.15) is 11.5 Å². The number of aromatic nitrogens is 3. The maximum Gasteiger partial charge on any atom is 0.417 e. The Balaban J connectivity index is 1.66. The number of rotatable bonds is 4. The van der Waals surface area contributed by atoms with E-state index in [1.165, 1.54) is 25.1 Å². The predicted octanol–water partition coefficient (Wildman–Crippen LogP) is 2.67. The summed E-state index contributed by atoms with van der Waals surface area (Å²) >= 11 is 0. The summed E-state index contributed by atoms with van der Waals surface area (Å²) in [5.74, 6) is 0.719. The molecule has 10 nitrogen and oxygen atoms in total. The van der Waals surface area contributed by atoms with Crippen LogP contribution in [-0.4, -0.2) is 57.0 Å². The van der Waals surface area contributed by atoms with E-state index in [0.717, 1.165) is 4.57 Å². The summed E-state index contributed by atoms with van der Waals surface area (Å²) in [4.78, 5) is 48.0. The maximum absolute atomic E-state index is 13.1. The maximum atomic E-state index is 13.1. The Morgan fingerprint density at radius 3 is 2.47 bits per heavy atom. The monoisotopic (exact) mass is 481 g/mol. The van der Waals surface area contributed by atoms with E-state index >= 15 is 0 Å². The number of halogens is 3. The number of carbonyl (C=O) groups excluding carboxylic acids is 2. The molecule has 2 aromatic rings.